The summed E-state index contributed by atoms with van der Waals surface area (Å²) >= 11 is 12.3. The van der Waals surface area contributed by atoms with Crippen molar-refractivity contribution in [1.29, 1.82) is 5.26 Å². The third kappa shape index (κ3) is 7.82. The number of hydrogen-bond acceptors (Lipinski definition) is 9. The first-order valence-corrected chi connectivity index (χ1v) is 14.4. The maximum absolute atomic E-state index is 15.5. The molecule has 0 radical (unpaired) electrons. The lowest BCUT2D eigenvalue weighted by Crippen LogP contribution is -2.47. The van der Waals surface area contributed by atoms with E-state index in [-0.39, 0.29) is 57.5 Å². The van der Waals surface area contributed by atoms with E-state index >= 15 is 4.39 Å². The van der Waals surface area contributed by atoms with Crippen molar-refractivity contribution >= 4 is 23.2 Å². The topological polar surface area (TPSA) is 108 Å². The third-order valence-corrected chi connectivity index (χ3v) is 7.61. The molecule has 0 aliphatic carbocycles. The molecule has 9 nitrogen and oxygen atoms in total. The van der Waals surface area contributed by atoms with Crippen LogP contribution in [-0.4, -0.2) is 77.6 Å². The summed E-state index contributed by atoms with van der Waals surface area (Å²) in [6.07, 6.45) is -0.599. The number of rotatable bonds is 10. The highest BCUT2D eigenvalue weighted by Gasteiger charge is 2.20. The summed E-state index contributed by atoms with van der Waals surface area (Å²) in [5, 5.41) is 28.2. The van der Waals surface area contributed by atoms with Gasteiger partial charge in [-0.15, -0.1) is 10.2 Å². The molecule has 0 unspecified atom stereocenters. The lowest BCUT2D eigenvalue weighted by Gasteiger charge is -2.33. The zero-order valence-corrected chi connectivity index (χ0v) is 25.2. The molecular weight excluding hydrogens is 596 g/mol. The van der Waals surface area contributed by atoms with E-state index in [1.165, 1.54) is 30.3 Å². The molecule has 1 N–H and O–H groups in total. The van der Waals surface area contributed by atoms with Gasteiger partial charge in [0.1, 0.15) is 24.2 Å². The van der Waals surface area contributed by atoms with Crippen LogP contribution in [0.1, 0.15) is 22.6 Å². The summed E-state index contributed by atoms with van der Waals surface area (Å²) in [4.78, 5) is 4.51. The number of β-amino-alcohol motifs (C(OH)–C–C–N with tert-alkyl or cyclic N) is 1. The van der Waals surface area contributed by atoms with Crippen molar-refractivity contribution in [2.45, 2.75) is 19.4 Å². The molecule has 0 bridgehead atoms. The standard InChI is InChI=1S/C31H30Cl2FN5O4/c1-19-11-24(41-18-23(40)17-39-9-7-38(2)8-10-39)4-5-26(19)31-37-36-28(43-31)14-21-3-6-27(33)30(29(21)34)42-25-13-20(16-35)12-22(32)15-25/h3-6,11-13,15,23,40H,7-10,14,17-18H2,1-2H3/t23-/m1/s1. The van der Waals surface area contributed by atoms with Gasteiger partial charge in [0.25, 0.3) is 0 Å². The average molecular weight is 627 g/mol. The second kappa shape index (κ2) is 13.7. The molecule has 43 heavy (non-hydrogen) atoms. The second-order valence-electron chi connectivity index (χ2n) is 10.5. The van der Waals surface area contributed by atoms with Crippen molar-refractivity contribution in [3.63, 3.8) is 0 Å². The highest BCUT2D eigenvalue weighted by Crippen LogP contribution is 2.36. The second-order valence-corrected chi connectivity index (χ2v) is 11.3. The Balaban J connectivity index is 1.23. The summed E-state index contributed by atoms with van der Waals surface area (Å²) in [6.45, 7) is 6.49. The number of aliphatic hydroxyl groups is 1. The minimum absolute atomic E-state index is 0.00319. The van der Waals surface area contributed by atoms with Crippen molar-refractivity contribution in [3.05, 3.63) is 87.0 Å². The number of nitriles is 1. The Labute approximate surface area is 259 Å². The van der Waals surface area contributed by atoms with Gasteiger partial charge in [0.05, 0.1) is 23.1 Å². The fourth-order valence-corrected chi connectivity index (χ4v) is 5.15. The highest BCUT2D eigenvalue weighted by molar-refractivity contribution is 6.32. The largest absolute Gasteiger partial charge is 0.491 e. The van der Waals surface area contributed by atoms with Gasteiger partial charge in [0.2, 0.25) is 11.8 Å². The summed E-state index contributed by atoms with van der Waals surface area (Å²) in [5.74, 6) is 0.375. The van der Waals surface area contributed by atoms with Gasteiger partial charge < -0.3 is 23.9 Å². The monoisotopic (exact) mass is 625 g/mol. The third-order valence-electron chi connectivity index (χ3n) is 7.09. The highest BCUT2D eigenvalue weighted by atomic mass is 35.5. The zero-order chi connectivity index (χ0) is 30.5. The SMILES string of the molecule is Cc1cc(OC[C@H](O)CN2CCN(C)CC2)ccc1-c1nnc(Cc2ccc(Cl)c(Oc3cc(Cl)cc(C#N)c3)c2F)o1. The van der Waals surface area contributed by atoms with E-state index in [1.807, 2.05) is 25.1 Å². The smallest absolute Gasteiger partial charge is 0.248 e. The average Bonchev–Trinajstić information content (AvgIpc) is 3.45. The number of piperazine rings is 1. The van der Waals surface area contributed by atoms with Crippen LogP contribution < -0.4 is 9.47 Å². The van der Waals surface area contributed by atoms with E-state index in [9.17, 15) is 10.4 Å². The number of halogens is 3. The first-order valence-electron chi connectivity index (χ1n) is 13.7. The van der Waals surface area contributed by atoms with Gasteiger partial charge in [-0.3, -0.25) is 4.90 Å². The van der Waals surface area contributed by atoms with Gasteiger partial charge >= 0.3 is 0 Å². The molecule has 1 aliphatic rings. The predicted octanol–water partition coefficient (Wildman–Crippen LogP) is 5.73. The van der Waals surface area contributed by atoms with Crippen LogP contribution in [0.15, 0.2) is 52.9 Å². The van der Waals surface area contributed by atoms with Gasteiger partial charge in [0.15, 0.2) is 11.6 Å². The Morgan fingerprint density at radius 1 is 1.07 bits per heavy atom. The van der Waals surface area contributed by atoms with E-state index in [0.29, 0.717) is 17.9 Å². The van der Waals surface area contributed by atoms with E-state index in [0.717, 1.165) is 31.7 Å². The van der Waals surface area contributed by atoms with Crippen molar-refractivity contribution in [1.82, 2.24) is 20.0 Å². The van der Waals surface area contributed by atoms with E-state index in [1.54, 1.807) is 6.07 Å². The number of likely N-dealkylation sites (N-methyl/N-ethyl adjacent to an activating group) is 1. The van der Waals surface area contributed by atoms with Crippen molar-refractivity contribution < 1.29 is 23.4 Å². The number of hydrogen-bond donors (Lipinski definition) is 1. The van der Waals surface area contributed by atoms with Gasteiger partial charge in [-0.1, -0.05) is 29.3 Å². The molecule has 2 heterocycles. The van der Waals surface area contributed by atoms with Crippen LogP contribution >= 0.6 is 23.2 Å². The van der Waals surface area contributed by atoms with Crippen LogP contribution in [0.3, 0.4) is 0 Å². The summed E-state index contributed by atoms with van der Waals surface area (Å²) in [6, 6.07) is 14.8. The molecule has 0 amide bonds. The maximum atomic E-state index is 15.5. The minimum Gasteiger partial charge on any atom is -0.491 e. The molecule has 1 saturated heterocycles. The molecule has 3 aromatic carbocycles. The molecule has 0 spiro atoms. The fraction of sp³-hybridized carbons (Fsp3) is 0.323. The van der Waals surface area contributed by atoms with Gasteiger partial charge in [0, 0.05) is 48.9 Å². The molecule has 1 atom stereocenters. The molecule has 0 saturated carbocycles. The summed E-state index contributed by atoms with van der Waals surface area (Å²) in [7, 11) is 2.10. The Bertz CT molecular complexity index is 1640. The van der Waals surface area contributed by atoms with Crippen LogP contribution in [0.4, 0.5) is 4.39 Å². The number of aromatic nitrogens is 2. The molecule has 1 aromatic heterocycles. The van der Waals surface area contributed by atoms with E-state index in [4.69, 9.17) is 37.1 Å². The van der Waals surface area contributed by atoms with E-state index < -0.39 is 11.9 Å². The molecule has 4 aromatic rings. The maximum Gasteiger partial charge on any atom is 0.248 e. The Kier molecular flexibility index (Phi) is 9.80. The Morgan fingerprint density at radius 2 is 1.86 bits per heavy atom. The lowest BCUT2D eigenvalue weighted by atomic mass is 10.1. The Hall–Kier alpha value is -3.72. The summed E-state index contributed by atoms with van der Waals surface area (Å²) in [5.41, 5.74) is 2.04. The van der Waals surface area contributed by atoms with Crippen LogP contribution in [0.5, 0.6) is 17.2 Å². The van der Waals surface area contributed by atoms with Crippen LogP contribution in [-0.2, 0) is 6.42 Å². The predicted molar refractivity (Wildman–Crippen MR) is 160 cm³/mol. The molecule has 12 heteroatoms. The zero-order valence-electron chi connectivity index (χ0n) is 23.7. The first kappa shape index (κ1) is 30.7. The number of benzene rings is 3. The summed E-state index contributed by atoms with van der Waals surface area (Å²) < 4.78 is 32.9. The number of nitrogens with zero attached hydrogens (tertiary/aromatic N) is 5. The van der Waals surface area contributed by atoms with Gasteiger partial charge in [-0.2, -0.15) is 5.26 Å². The number of aryl methyl sites for hydroxylation is 1. The van der Waals surface area contributed by atoms with Crippen LogP contribution in [0.25, 0.3) is 11.5 Å². The van der Waals surface area contributed by atoms with Crippen molar-refractivity contribution in [3.8, 4) is 34.8 Å². The van der Waals surface area contributed by atoms with E-state index in [2.05, 4.69) is 27.0 Å². The van der Waals surface area contributed by atoms with Crippen molar-refractivity contribution in [2.24, 2.45) is 0 Å². The molecule has 5 rings (SSSR count). The minimum atomic E-state index is -0.696. The fourth-order valence-electron chi connectivity index (χ4n) is 4.74. The molecule has 1 aliphatic heterocycles. The van der Waals surface area contributed by atoms with Crippen molar-refractivity contribution in [2.75, 3.05) is 46.4 Å². The number of ether oxygens (including phenoxy) is 2. The van der Waals surface area contributed by atoms with Crippen LogP contribution in [0.2, 0.25) is 10.0 Å². The normalized spacial score (nSPS) is 14.8. The van der Waals surface area contributed by atoms with Gasteiger partial charge in [-0.25, -0.2) is 4.39 Å². The van der Waals surface area contributed by atoms with Crippen LogP contribution in [0, 0.1) is 24.1 Å². The Morgan fingerprint density at radius 3 is 2.60 bits per heavy atom. The quantitative estimate of drug-likeness (QED) is 0.236. The van der Waals surface area contributed by atoms with Gasteiger partial charge in [-0.05, 0) is 62.0 Å². The lowest BCUT2D eigenvalue weighted by molar-refractivity contribution is 0.0504. The first-order chi connectivity index (χ1) is 20.7. The molecule has 1 fully saturated rings. The molecule has 224 valence electrons. The number of aliphatic hydroxyl groups excluding tert-OH is 1. The molecular formula is C31H30Cl2FN5O4.